The molecular weight excluding hydrogens is 253 g/mol. The van der Waals surface area contributed by atoms with Crippen LogP contribution in [-0.2, 0) is 0 Å². The Kier molecular flexibility index (Phi) is 13.8. The number of nitrogens with zero attached hydrogens (tertiary/aromatic N) is 1. The predicted octanol–water partition coefficient (Wildman–Crippen LogP) is 2.56. The average Bonchev–Trinajstić information content (AvgIpc) is 2.90. The lowest BCUT2D eigenvalue weighted by Crippen LogP contribution is -2.29. The lowest BCUT2D eigenvalue weighted by atomic mass is 10.1. The molecule has 1 aliphatic rings. The van der Waals surface area contributed by atoms with Crippen LogP contribution in [0.25, 0.3) is 0 Å². The maximum Gasteiger partial charge on any atom is 0.631 e. The second kappa shape index (κ2) is 13.9. The Hall–Kier alpha value is -0.0951. The molecule has 0 aliphatic carbocycles. The molecular formula is C15H34BNO3. The standard InChI is InChI=1S/C15H31N.BH3O3/c1-3-4-5-6-7-8-9-12-15(2)16-13-10-11-14-16;2-1(3)4/h15H,3-14H2,1-2H3;2-4H. The van der Waals surface area contributed by atoms with Crippen molar-refractivity contribution in [1.82, 2.24) is 4.90 Å². The highest BCUT2D eigenvalue weighted by molar-refractivity contribution is 6.30. The summed E-state index contributed by atoms with van der Waals surface area (Å²) in [5.41, 5.74) is 0. The van der Waals surface area contributed by atoms with Gasteiger partial charge in [-0.15, -0.1) is 0 Å². The monoisotopic (exact) mass is 287 g/mol. The Bertz CT molecular complexity index is 197. The SMILES string of the molecule is CCCCCCCCCC(C)N1CCCC1.OB(O)O. The third-order valence-corrected chi connectivity index (χ3v) is 3.99. The van der Waals surface area contributed by atoms with Crippen LogP contribution in [0.3, 0.4) is 0 Å². The van der Waals surface area contributed by atoms with Crippen LogP contribution in [0.5, 0.6) is 0 Å². The highest BCUT2D eigenvalue weighted by Gasteiger charge is 2.16. The van der Waals surface area contributed by atoms with Crippen molar-refractivity contribution in [2.24, 2.45) is 0 Å². The second-order valence-electron chi connectivity index (χ2n) is 5.85. The van der Waals surface area contributed by atoms with Crippen LogP contribution < -0.4 is 0 Å². The molecule has 20 heavy (non-hydrogen) atoms. The normalized spacial score (nSPS) is 16.6. The van der Waals surface area contributed by atoms with Gasteiger partial charge in [-0.1, -0.05) is 51.9 Å². The minimum absolute atomic E-state index is 0.846. The maximum atomic E-state index is 7.17. The van der Waals surface area contributed by atoms with E-state index in [4.69, 9.17) is 15.1 Å². The number of rotatable bonds is 9. The van der Waals surface area contributed by atoms with E-state index in [1.807, 2.05) is 0 Å². The molecule has 1 atom stereocenters. The molecule has 0 amide bonds. The van der Waals surface area contributed by atoms with E-state index in [0.29, 0.717) is 0 Å². The Morgan fingerprint density at radius 3 is 1.85 bits per heavy atom. The molecule has 5 heteroatoms. The molecule has 0 aromatic rings. The van der Waals surface area contributed by atoms with Crippen LogP contribution in [0, 0.1) is 0 Å². The van der Waals surface area contributed by atoms with Gasteiger partial charge in [0, 0.05) is 6.04 Å². The summed E-state index contributed by atoms with van der Waals surface area (Å²) >= 11 is 0. The highest BCUT2D eigenvalue weighted by Crippen LogP contribution is 2.16. The van der Waals surface area contributed by atoms with E-state index in [0.717, 1.165) is 6.04 Å². The van der Waals surface area contributed by atoms with Crippen LogP contribution in [-0.4, -0.2) is 46.4 Å². The van der Waals surface area contributed by atoms with Gasteiger partial charge in [0.1, 0.15) is 0 Å². The first-order valence-corrected chi connectivity index (χ1v) is 8.36. The smallest absolute Gasteiger partial charge is 0.402 e. The van der Waals surface area contributed by atoms with E-state index >= 15 is 0 Å². The van der Waals surface area contributed by atoms with Gasteiger partial charge < -0.3 is 20.0 Å². The van der Waals surface area contributed by atoms with Gasteiger partial charge in [-0.25, -0.2) is 0 Å². The lowest BCUT2D eigenvalue weighted by molar-refractivity contribution is 0.242. The van der Waals surface area contributed by atoms with Crippen LogP contribution in [0.4, 0.5) is 0 Å². The second-order valence-corrected chi connectivity index (χ2v) is 5.85. The van der Waals surface area contributed by atoms with Gasteiger partial charge in [0.15, 0.2) is 0 Å². The Morgan fingerprint density at radius 1 is 0.900 bits per heavy atom. The van der Waals surface area contributed by atoms with Crippen LogP contribution >= 0.6 is 0 Å². The highest BCUT2D eigenvalue weighted by atomic mass is 16.5. The minimum atomic E-state index is -2.17. The first-order valence-electron chi connectivity index (χ1n) is 8.36. The van der Waals surface area contributed by atoms with Crippen LogP contribution in [0.1, 0.15) is 78.1 Å². The summed E-state index contributed by atoms with van der Waals surface area (Å²) in [7, 11) is -2.17. The van der Waals surface area contributed by atoms with Crippen molar-refractivity contribution in [3.63, 3.8) is 0 Å². The van der Waals surface area contributed by atoms with E-state index in [1.54, 1.807) is 0 Å². The summed E-state index contributed by atoms with van der Waals surface area (Å²) in [5, 5.41) is 21.5. The number of hydrogen-bond acceptors (Lipinski definition) is 4. The Labute approximate surface area is 125 Å². The van der Waals surface area contributed by atoms with Crippen LogP contribution in [0.2, 0.25) is 0 Å². The summed E-state index contributed by atoms with van der Waals surface area (Å²) in [6, 6.07) is 0.846. The van der Waals surface area contributed by atoms with E-state index in [2.05, 4.69) is 18.7 Å². The summed E-state index contributed by atoms with van der Waals surface area (Å²) in [4.78, 5) is 2.68. The number of likely N-dealkylation sites (tertiary alicyclic amines) is 1. The predicted molar refractivity (Wildman–Crippen MR) is 85.3 cm³/mol. The van der Waals surface area contributed by atoms with Crippen LogP contribution in [0.15, 0.2) is 0 Å². The fourth-order valence-electron chi connectivity index (χ4n) is 2.76. The summed E-state index contributed by atoms with van der Waals surface area (Å²) in [5.74, 6) is 0. The molecule has 3 N–H and O–H groups in total. The van der Waals surface area contributed by atoms with Crippen molar-refractivity contribution in [3.05, 3.63) is 0 Å². The van der Waals surface area contributed by atoms with Crippen molar-refractivity contribution >= 4 is 7.32 Å². The molecule has 0 radical (unpaired) electrons. The Balaban J connectivity index is 0.000000796. The van der Waals surface area contributed by atoms with Gasteiger partial charge in [-0.2, -0.15) is 0 Å². The fraction of sp³-hybridized carbons (Fsp3) is 1.00. The molecule has 1 aliphatic heterocycles. The van der Waals surface area contributed by atoms with Gasteiger partial charge in [0.05, 0.1) is 0 Å². The maximum absolute atomic E-state index is 7.17. The van der Waals surface area contributed by atoms with E-state index in [-0.39, 0.29) is 0 Å². The zero-order chi connectivity index (χ0) is 15.2. The zero-order valence-electron chi connectivity index (χ0n) is 13.4. The quantitative estimate of drug-likeness (QED) is 0.450. The molecule has 0 saturated carbocycles. The van der Waals surface area contributed by atoms with Crippen molar-refractivity contribution in [2.45, 2.75) is 84.1 Å². The molecule has 1 fully saturated rings. The summed E-state index contributed by atoms with van der Waals surface area (Å²) < 4.78 is 0. The molecule has 120 valence electrons. The van der Waals surface area contributed by atoms with E-state index in [9.17, 15) is 0 Å². The third kappa shape index (κ3) is 12.9. The average molecular weight is 287 g/mol. The molecule has 0 aromatic heterocycles. The molecule has 1 heterocycles. The molecule has 1 unspecified atom stereocenters. The fourth-order valence-corrected chi connectivity index (χ4v) is 2.76. The van der Waals surface area contributed by atoms with Crippen molar-refractivity contribution in [2.75, 3.05) is 13.1 Å². The molecule has 0 aromatic carbocycles. The van der Waals surface area contributed by atoms with Gasteiger partial charge in [-0.3, -0.25) is 0 Å². The van der Waals surface area contributed by atoms with Crippen molar-refractivity contribution in [3.8, 4) is 0 Å². The summed E-state index contributed by atoms with van der Waals surface area (Å²) in [6.07, 6.45) is 14.4. The first-order chi connectivity index (χ1) is 9.57. The van der Waals surface area contributed by atoms with Crippen molar-refractivity contribution in [1.29, 1.82) is 0 Å². The molecule has 4 nitrogen and oxygen atoms in total. The molecule has 1 rings (SSSR count). The minimum Gasteiger partial charge on any atom is -0.402 e. The third-order valence-electron chi connectivity index (χ3n) is 3.99. The lowest BCUT2D eigenvalue weighted by Gasteiger charge is -2.23. The molecule has 0 spiro atoms. The first kappa shape index (κ1) is 19.9. The van der Waals surface area contributed by atoms with Gasteiger partial charge in [0.2, 0.25) is 0 Å². The zero-order valence-corrected chi connectivity index (χ0v) is 13.4. The topological polar surface area (TPSA) is 63.9 Å². The Morgan fingerprint density at radius 2 is 1.35 bits per heavy atom. The largest absolute Gasteiger partial charge is 0.631 e. The van der Waals surface area contributed by atoms with E-state index in [1.165, 1.54) is 77.3 Å². The number of unbranched alkanes of at least 4 members (excludes halogenated alkanes) is 6. The molecule has 1 saturated heterocycles. The molecule has 0 bridgehead atoms. The van der Waals surface area contributed by atoms with Gasteiger partial charge in [0.25, 0.3) is 0 Å². The number of hydrogen-bond donors (Lipinski definition) is 3. The summed E-state index contributed by atoms with van der Waals surface area (Å²) in [6.45, 7) is 7.43. The van der Waals surface area contributed by atoms with Crippen molar-refractivity contribution < 1.29 is 15.1 Å². The van der Waals surface area contributed by atoms with Gasteiger partial charge >= 0.3 is 7.32 Å². The van der Waals surface area contributed by atoms with Gasteiger partial charge in [-0.05, 0) is 39.3 Å². The van der Waals surface area contributed by atoms with E-state index < -0.39 is 7.32 Å².